The molecule has 0 aliphatic heterocycles. The second kappa shape index (κ2) is 24.2. The number of esters is 1. The zero-order chi connectivity index (χ0) is 19.2. The average molecular weight is 347 g/mol. The molecule has 0 aromatic rings. The zero-order valence-corrected chi connectivity index (χ0v) is 17.0. The van der Waals surface area contributed by atoms with Crippen molar-refractivity contribution in [3.8, 4) is 0 Å². The molecule has 0 radical (unpaired) electrons. The smallest absolute Gasteiger partial charge is 0.303 e. The van der Waals surface area contributed by atoms with Crippen LogP contribution in [0.4, 0.5) is 0 Å². The number of carbonyl (C=O) groups excluding carboxylic acids is 1. The molecule has 0 aromatic carbocycles. The molecule has 0 rings (SSSR count). The second-order valence-electron chi connectivity index (χ2n) is 6.09. The van der Waals surface area contributed by atoms with E-state index in [1.54, 1.807) is 0 Å². The number of aliphatic carboxylic acids is 1. The highest BCUT2D eigenvalue weighted by molar-refractivity contribution is 5.66. The Morgan fingerprint density at radius 3 is 1.50 bits per heavy atom. The zero-order valence-electron chi connectivity index (χ0n) is 17.0. The third-order valence-corrected chi connectivity index (χ3v) is 3.39. The van der Waals surface area contributed by atoms with Crippen LogP contribution in [-0.4, -0.2) is 23.1 Å². The standard InChI is InChI=1S/C8H18.2C6H12O2/c1-3-5-7-8-6-4-2;1-4-5(2)8-6(3)7;1-2-3-4-5-6(7)8/h3-8H2,1-2H3;5H,4H2,1-3H3;2-5H2,1H3,(H,7,8). The molecule has 4 heteroatoms. The first-order valence-electron chi connectivity index (χ1n) is 9.74. The summed E-state index contributed by atoms with van der Waals surface area (Å²) >= 11 is 0. The largest absolute Gasteiger partial charge is 0.481 e. The SMILES string of the molecule is CCC(C)OC(C)=O.CCCCCC(=O)O.CCCCCCCC. The summed E-state index contributed by atoms with van der Waals surface area (Å²) in [5, 5.41) is 8.14. The lowest BCUT2D eigenvalue weighted by atomic mass is 10.1. The summed E-state index contributed by atoms with van der Waals surface area (Å²) in [6.45, 7) is 11.8. The number of carboxylic acid groups (broad SMARTS) is 1. The van der Waals surface area contributed by atoms with E-state index in [9.17, 15) is 9.59 Å². The van der Waals surface area contributed by atoms with Gasteiger partial charge >= 0.3 is 11.9 Å². The Labute approximate surface area is 150 Å². The number of rotatable bonds is 11. The minimum atomic E-state index is -0.682. The van der Waals surface area contributed by atoms with Gasteiger partial charge in [-0.15, -0.1) is 0 Å². The monoisotopic (exact) mass is 346 g/mol. The molecule has 0 aliphatic rings. The van der Waals surface area contributed by atoms with E-state index in [0.29, 0.717) is 6.42 Å². The van der Waals surface area contributed by atoms with Gasteiger partial charge in [0.05, 0.1) is 6.10 Å². The average Bonchev–Trinajstić information content (AvgIpc) is 2.52. The maximum Gasteiger partial charge on any atom is 0.303 e. The first-order chi connectivity index (χ1) is 11.3. The summed E-state index contributed by atoms with van der Waals surface area (Å²) in [5.41, 5.74) is 0. The lowest BCUT2D eigenvalue weighted by Crippen LogP contribution is -2.09. The van der Waals surface area contributed by atoms with Gasteiger partial charge in [-0.1, -0.05) is 79.1 Å². The molecular formula is C20H42O4. The predicted octanol–water partition coefficient (Wildman–Crippen LogP) is 6.37. The summed E-state index contributed by atoms with van der Waals surface area (Å²) in [5.74, 6) is -0.877. The predicted molar refractivity (Wildman–Crippen MR) is 102 cm³/mol. The summed E-state index contributed by atoms with van der Waals surface area (Å²) in [6.07, 6.45) is 12.7. The Morgan fingerprint density at radius 1 is 0.833 bits per heavy atom. The summed E-state index contributed by atoms with van der Waals surface area (Å²) in [7, 11) is 0. The quantitative estimate of drug-likeness (QED) is 0.349. The van der Waals surface area contributed by atoms with Crippen molar-refractivity contribution in [1.82, 2.24) is 0 Å². The molecule has 0 bridgehead atoms. The molecule has 4 nitrogen and oxygen atoms in total. The topological polar surface area (TPSA) is 63.6 Å². The molecule has 0 aliphatic carbocycles. The fraction of sp³-hybridized carbons (Fsp3) is 0.900. The number of carboxylic acids is 1. The van der Waals surface area contributed by atoms with E-state index in [0.717, 1.165) is 25.7 Å². The number of carbonyl (C=O) groups is 2. The van der Waals surface area contributed by atoms with Gasteiger partial charge in [0, 0.05) is 13.3 Å². The van der Waals surface area contributed by atoms with E-state index in [-0.39, 0.29) is 12.1 Å². The van der Waals surface area contributed by atoms with Crippen molar-refractivity contribution in [3.63, 3.8) is 0 Å². The molecule has 146 valence electrons. The van der Waals surface area contributed by atoms with Gasteiger partial charge in [-0.25, -0.2) is 0 Å². The molecule has 1 unspecified atom stereocenters. The summed E-state index contributed by atoms with van der Waals surface area (Å²) in [6, 6.07) is 0. The summed E-state index contributed by atoms with van der Waals surface area (Å²) < 4.78 is 4.76. The molecule has 0 amide bonds. The fourth-order valence-corrected chi connectivity index (χ4v) is 1.75. The molecule has 0 saturated carbocycles. The minimum absolute atomic E-state index is 0.0764. The Hall–Kier alpha value is -1.06. The first kappa shape index (κ1) is 27.8. The first-order valence-corrected chi connectivity index (χ1v) is 9.74. The minimum Gasteiger partial charge on any atom is -0.481 e. The van der Waals surface area contributed by atoms with Gasteiger partial charge in [0.25, 0.3) is 0 Å². The van der Waals surface area contributed by atoms with E-state index in [2.05, 4.69) is 20.8 Å². The van der Waals surface area contributed by atoms with Crippen molar-refractivity contribution in [1.29, 1.82) is 0 Å². The molecule has 1 atom stereocenters. The number of unbranched alkanes of at least 4 members (excludes halogenated alkanes) is 7. The van der Waals surface area contributed by atoms with Crippen LogP contribution in [0.25, 0.3) is 0 Å². The van der Waals surface area contributed by atoms with Gasteiger partial charge < -0.3 is 9.84 Å². The Morgan fingerprint density at radius 2 is 1.25 bits per heavy atom. The molecule has 0 fully saturated rings. The van der Waals surface area contributed by atoms with E-state index in [1.807, 2.05) is 13.8 Å². The van der Waals surface area contributed by atoms with Gasteiger partial charge in [0.15, 0.2) is 0 Å². The van der Waals surface area contributed by atoms with Crippen molar-refractivity contribution in [2.45, 2.75) is 118 Å². The second-order valence-corrected chi connectivity index (χ2v) is 6.09. The van der Waals surface area contributed by atoms with Gasteiger partial charge in [-0.05, 0) is 19.8 Å². The molecule has 0 spiro atoms. The Kier molecular flexibility index (Phi) is 28.0. The number of ether oxygens (including phenoxy) is 1. The number of hydrogen-bond acceptors (Lipinski definition) is 3. The molecule has 0 aromatic heterocycles. The van der Waals surface area contributed by atoms with Crippen LogP contribution in [-0.2, 0) is 14.3 Å². The lowest BCUT2D eigenvalue weighted by Gasteiger charge is -2.06. The van der Waals surface area contributed by atoms with Gasteiger partial charge in [-0.3, -0.25) is 9.59 Å². The van der Waals surface area contributed by atoms with E-state index in [4.69, 9.17) is 9.84 Å². The highest BCUT2D eigenvalue weighted by atomic mass is 16.5. The maximum absolute atomic E-state index is 10.2. The van der Waals surface area contributed by atoms with Crippen LogP contribution in [0.1, 0.15) is 112 Å². The van der Waals surface area contributed by atoms with Gasteiger partial charge in [0.1, 0.15) is 0 Å². The van der Waals surface area contributed by atoms with Gasteiger partial charge in [-0.2, -0.15) is 0 Å². The summed E-state index contributed by atoms with van der Waals surface area (Å²) in [4.78, 5) is 20.1. The van der Waals surface area contributed by atoms with Crippen LogP contribution >= 0.6 is 0 Å². The molecule has 1 N–H and O–H groups in total. The normalized spacial score (nSPS) is 10.6. The highest BCUT2D eigenvalue weighted by Gasteiger charge is 1.99. The fourth-order valence-electron chi connectivity index (χ4n) is 1.75. The van der Waals surface area contributed by atoms with Crippen LogP contribution in [0.2, 0.25) is 0 Å². The van der Waals surface area contributed by atoms with E-state index in [1.165, 1.54) is 45.4 Å². The number of hydrogen-bond donors (Lipinski definition) is 1. The van der Waals surface area contributed by atoms with Crippen molar-refractivity contribution in [3.05, 3.63) is 0 Å². The highest BCUT2D eigenvalue weighted by Crippen LogP contribution is 2.03. The van der Waals surface area contributed by atoms with Crippen molar-refractivity contribution >= 4 is 11.9 Å². The van der Waals surface area contributed by atoms with Crippen LogP contribution in [0.15, 0.2) is 0 Å². The maximum atomic E-state index is 10.2. The molecule has 0 heterocycles. The molecule has 0 saturated heterocycles. The third kappa shape index (κ3) is 37.3. The Bertz CT molecular complexity index is 258. The van der Waals surface area contributed by atoms with E-state index >= 15 is 0 Å². The van der Waals surface area contributed by atoms with Crippen LogP contribution < -0.4 is 0 Å². The Balaban J connectivity index is -0.000000276. The van der Waals surface area contributed by atoms with E-state index < -0.39 is 5.97 Å². The van der Waals surface area contributed by atoms with Crippen molar-refractivity contribution in [2.24, 2.45) is 0 Å². The third-order valence-electron chi connectivity index (χ3n) is 3.39. The van der Waals surface area contributed by atoms with Crippen LogP contribution in [0.5, 0.6) is 0 Å². The van der Waals surface area contributed by atoms with Crippen LogP contribution in [0, 0.1) is 0 Å². The lowest BCUT2D eigenvalue weighted by molar-refractivity contribution is -0.145. The van der Waals surface area contributed by atoms with Crippen molar-refractivity contribution in [2.75, 3.05) is 0 Å². The van der Waals surface area contributed by atoms with Crippen LogP contribution in [0.3, 0.4) is 0 Å². The molecular weight excluding hydrogens is 304 g/mol. The van der Waals surface area contributed by atoms with Crippen molar-refractivity contribution < 1.29 is 19.4 Å². The molecule has 24 heavy (non-hydrogen) atoms. The van der Waals surface area contributed by atoms with Gasteiger partial charge in [0.2, 0.25) is 0 Å².